The SMILES string of the molecule is Cc1ccc(S(=O)(=O)N2CCCCc3cc(C)ccc3C2)cc1. The van der Waals surface area contributed by atoms with Gasteiger partial charge in [-0.25, -0.2) is 8.42 Å². The molecule has 2 aromatic carbocycles. The van der Waals surface area contributed by atoms with Crippen LogP contribution in [0.2, 0.25) is 0 Å². The fraction of sp³-hybridized carbons (Fsp3) is 0.368. The minimum atomic E-state index is -3.44. The van der Waals surface area contributed by atoms with Gasteiger partial charge in [-0.1, -0.05) is 41.5 Å². The van der Waals surface area contributed by atoms with Crippen LogP contribution in [0.15, 0.2) is 47.4 Å². The molecule has 0 N–H and O–H groups in total. The Bertz CT molecular complexity index is 795. The first kappa shape index (κ1) is 16.2. The fourth-order valence-electron chi connectivity index (χ4n) is 3.08. The van der Waals surface area contributed by atoms with Gasteiger partial charge in [0, 0.05) is 13.1 Å². The fourth-order valence-corrected chi connectivity index (χ4v) is 4.54. The van der Waals surface area contributed by atoms with Gasteiger partial charge in [-0.3, -0.25) is 0 Å². The van der Waals surface area contributed by atoms with Gasteiger partial charge in [-0.15, -0.1) is 0 Å². The zero-order valence-corrected chi connectivity index (χ0v) is 14.6. The Morgan fingerprint density at radius 2 is 1.57 bits per heavy atom. The molecule has 0 aromatic heterocycles. The maximum atomic E-state index is 13.0. The van der Waals surface area contributed by atoms with Crippen molar-refractivity contribution in [3.63, 3.8) is 0 Å². The number of benzene rings is 2. The van der Waals surface area contributed by atoms with Gasteiger partial charge in [-0.2, -0.15) is 4.31 Å². The molecular weight excluding hydrogens is 306 g/mol. The molecule has 0 atom stereocenters. The van der Waals surface area contributed by atoms with Gasteiger partial charge in [0.15, 0.2) is 0 Å². The van der Waals surface area contributed by atoms with E-state index in [1.165, 1.54) is 11.1 Å². The minimum Gasteiger partial charge on any atom is -0.207 e. The second-order valence-corrected chi connectivity index (χ2v) is 8.32. The van der Waals surface area contributed by atoms with Crippen molar-refractivity contribution in [3.8, 4) is 0 Å². The summed E-state index contributed by atoms with van der Waals surface area (Å²) in [6.07, 6.45) is 2.96. The van der Waals surface area contributed by atoms with Crippen LogP contribution in [-0.2, 0) is 23.0 Å². The van der Waals surface area contributed by atoms with Crippen LogP contribution in [0.1, 0.15) is 35.1 Å². The molecule has 2 aromatic rings. The molecule has 0 spiro atoms. The molecule has 0 amide bonds. The van der Waals surface area contributed by atoms with E-state index >= 15 is 0 Å². The normalized spacial score (nSPS) is 16.4. The molecule has 3 rings (SSSR count). The highest BCUT2D eigenvalue weighted by molar-refractivity contribution is 7.89. The second kappa shape index (κ2) is 6.46. The first-order chi connectivity index (χ1) is 11.0. The molecule has 0 aliphatic carbocycles. The summed E-state index contributed by atoms with van der Waals surface area (Å²) in [7, 11) is -3.44. The third kappa shape index (κ3) is 3.48. The lowest BCUT2D eigenvalue weighted by molar-refractivity contribution is 0.386. The number of hydrogen-bond acceptors (Lipinski definition) is 2. The van der Waals surface area contributed by atoms with Crippen molar-refractivity contribution in [2.45, 2.75) is 44.6 Å². The molecule has 3 nitrogen and oxygen atoms in total. The highest BCUT2D eigenvalue weighted by atomic mass is 32.2. The Kier molecular flexibility index (Phi) is 4.55. The summed E-state index contributed by atoms with van der Waals surface area (Å²) in [5.41, 5.74) is 4.72. The Hall–Kier alpha value is -1.65. The van der Waals surface area contributed by atoms with Crippen LogP contribution in [0, 0.1) is 13.8 Å². The molecule has 0 unspecified atom stereocenters. The maximum absolute atomic E-state index is 13.0. The molecule has 0 bridgehead atoms. The maximum Gasteiger partial charge on any atom is 0.243 e. The first-order valence-electron chi connectivity index (χ1n) is 8.12. The topological polar surface area (TPSA) is 37.4 Å². The number of sulfonamides is 1. The molecule has 1 heterocycles. The lowest BCUT2D eigenvalue weighted by Crippen LogP contribution is -2.33. The van der Waals surface area contributed by atoms with Gasteiger partial charge in [0.2, 0.25) is 10.0 Å². The van der Waals surface area contributed by atoms with Gasteiger partial charge in [0.05, 0.1) is 4.90 Å². The highest BCUT2D eigenvalue weighted by Crippen LogP contribution is 2.25. The van der Waals surface area contributed by atoms with Crippen molar-refractivity contribution in [1.29, 1.82) is 0 Å². The van der Waals surface area contributed by atoms with Crippen LogP contribution >= 0.6 is 0 Å². The molecule has 0 saturated carbocycles. The zero-order chi connectivity index (χ0) is 16.4. The summed E-state index contributed by atoms with van der Waals surface area (Å²) < 4.78 is 27.6. The van der Waals surface area contributed by atoms with E-state index in [0.717, 1.165) is 30.4 Å². The van der Waals surface area contributed by atoms with E-state index in [2.05, 4.69) is 25.1 Å². The average Bonchev–Trinajstić information content (AvgIpc) is 2.49. The van der Waals surface area contributed by atoms with Gasteiger partial charge in [0.25, 0.3) is 0 Å². The van der Waals surface area contributed by atoms with Gasteiger partial charge < -0.3 is 0 Å². The predicted molar refractivity (Wildman–Crippen MR) is 92.9 cm³/mol. The summed E-state index contributed by atoms with van der Waals surface area (Å²) in [6.45, 7) is 5.10. The summed E-state index contributed by atoms with van der Waals surface area (Å²) in [4.78, 5) is 0.386. The summed E-state index contributed by atoms with van der Waals surface area (Å²) in [5.74, 6) is 0. The Labute approximate surface area is 139 Å². The Morgan fingerprint density at radius 3 is 2.30 bits per heavy atom. The number of hydrogen-bond donors (Lipinski definition) is 0. The molecule has 0 radical (unpaired) electrons. The molecule has 1 aliphatic heterocycles. The zero-order valence-electron chi connectivity index (χ0n) is 13.7. The van der Waals surface area contributed by atoms with Crippen molar-refractivity contribution in [2.24, 2.45) is 0 Å². The highest BCUT2D eigenvalue weighted by Gasteiger charge is 2.26. The molecule has 1 aliphatic rings. The lowest BCUT2D eigenvalue weighted by atomic mass is 9.98. The number of aryl methyl sites for hydroxylation is 3. The largest absolute Gasteiger partial charge is 0.243 e. The summed E-state index contributed by atoms with van der Waals surface area (Å²) >= 11 is 0. The number of rotatable bonds is 2. The van der Waals surface area contributed by atoms with E-state index in [1.54, 1.807) is 16.4 Å². The van der Waals surface area contributed by atoms with Gasteiger partial charge in [0.1, 0.15) is 0 Å². The average molecular weight is 329 g/mol. The molecule has 4 heteroatoms. The molecule has 122 valence electrons. The summed E-state index contributed by atoms with van der Waals surface area (Å²) in [5, 5.41) is 0. The smallest absolute Gasteiger partial charge is 0.207 e. The quantitative estimate of drug-likeness (QED) is 0.840. The van der Waals surface area contributed by atoms with Crippen molar-refractivity contribution in [3.05, 3.63) is 64.7 Å². The third-order valence-corrected chi connectivity index (χ3v) is 6.33. The third-order valence-electron chi connectivity index (χ3n) is 4.47. The van der Waals surface area contributed by atoms with E-state index in [1.807, 2.05) is 19.1 Å². The standard InChI is InChI=1S/C19H23NO2S/c1-15-7-10-19(11-8-15)23(21,22)20-12-4-3-5-17-13-16(2)6-9-18(17)14-20/h6-11,13H,3-5,12,14H2,1-2H3. The van der Waals surface area contributed by atoms with E-state index in [9.17, 15) is 8.42 Å². The van der Waals surface area contributed by atoms with Crippen molar-refractivity contribution in [2.75, 3.05) is 6.54 Å². The lowest BCUT2D eigenvalue weighted by Gasteiger charge is -2.26. The monoisotopic (exact) mass is 329 g/mol. The Morgan fingerprint density at radius 1 is 0.870 bits per heavy atom. The molecule has 0 saturated heterocycles. The van der Waals surface area contributed by atoms with Crippen LogP contribution in [0.4, 0.5) is 0 Å². The summed E-state index contributed by atoms with van der Waals surface area (Å²) in [6, 6.07) is 13.5. The van der Waals surface area contributed by atoms with E-state index < -0.39 is 10.0 Å². The Balaban J connectivity index is 1.95. The predicted octanol–water partition coefficient (Wildman–Crippen LogP) is 3.83. The molecule has 23 heavy (non-hydrogen) atoms. The van der Waals surface area contributed by atoms with Gasteiger partial charge >= 0.3 is 0 Å². The number of nitrogens with zero attached hydrogens (tertiary/aromatic N) is 1. The number of fused-ring (bicyclic) bond motifs is 1. The van der Waals surface area contributed by atoms with Crippen molar-refractivity contribution in [1.82, 2.24) is 4.31 Å². The van der Waals surface area contributed by atoms with Crippen LogP contribution in [0.3, 0.4) is 0 Å². The van der Waals surface area contributed by atoms with E-state index in [0.29, 0.717) is 18.0 Å². The van der Waals surface area contributed by atoms with Crippen LogP contribution < -0.4 is 0 Å². The van der Waals surface area contributed by atoms with Crippen LogP contribution in [0.5, 0.6) is 0 Å². The first-order valence-corrected chi connectivity index (χ1v) is 9.56. The van der Waals surface area contributed by atoms with Crippen molar-refractivity contribution >= 4 is 10.0 Å². The molecular formula is C19H23NO2S. The van der Waals surface area contributed by atoms with Crippen molar-refractivity contribution < 1.29 is 8.42 Å². The van der Waals surface area contributed by atoms with E-state index in [4.69, 9.17) is 0 Å². The minimum absolute atomic E-state index is 0.386. The van der Waals surface area contributed by atoms with Crippen LogP contribution in [0.25, 0.3) is 0 Å². The van der Waals surface area contributed by atoms with E-state index in [-0.39, 0.29) is 0 Å². The molecule has 0 fully saturated rings. The van der Waals surface area contributed by atoms with Gasteiger partial charge in [-0.05, 0) is 56.4 Å². The van der Waals surface area contributed by atoms with Crippen LogP contribution in [-0.4, -0.2) is 19.3 Å². The second-order valence-electron chi connectivity index (χ2n) is 6.38.